The van der Waals surface area contributed by atoms with Crippen molar-refractivity contribution in [3.63, 3.8) is 0 Å². The van der Waals surface area contributed by atoms with E-state index in [4.69, 9.17) is 14.3 Å². The monoisotopic (exact) mass is 335 g/mol. The second kappa shape index (κ2) is 7.16. The van der Waals surface area contributed by atoms with Gasteiger partial charge in [-0.1, -0.05) is 6.92 Å². The molecule has 0 spiro atoms. The summed E-state index contributed by atoms with van der Waals surface area (Å²) in [5, 5.41) is 11.7. The van der Waals surface area contributed by atoms with E-state index in [0.29, 0.717) is 17.7 Å². The first-order valence-electron chi connectivity index (χ1n) is 7.37. The lowest BCUT2D eigenvalue weighted by molar-refractivity contribution is 0.0694. The van der Waals surface area contributed by atoms with Crippen LogP contribution in [0.3, 0.4) is 0 Å². The number of carboxylic acid groups (broad SMARTS) is 1. The number of carbonyl (C=O) groups excluding carboxylic acids is 1. The molecule has 1 amide bonds. The molecule has 128 valence electrons. The Morgan fingerprint density at radius 3 is 2.62 bits per heavy atom. The number of methoxy groups -OCH3 is 1. The first kappa shape index (κ1) is 17.5. The van der Waals surface area contributed by atoms with Crippen LogP contribution < -0.4 is 10.1 Å². The fourth-order valence-electron chi connectivity index (χ4n) is 2.37. The Hall–Kier alpha value is -2.83. The predicted molar refractivity (Wildman–Crippen MR) is 83.9 cm³/mol. The SMILES string of the molecule is CCc1oc(C(=O)NC(C)c2cc(F)ccc2OC)cc1C(=O)O. The molecule has 0 aliphatic heterocycles. The number of amides is 1. The van der Waals surface area contributed by atoms with Crippen LogP contribution in [0.4, 0.5) is 4.39 Å². The number of aromatic carboxylic acids is 1. The summed E-state index contributed by atoms with van der Waals surface area (Å²) in [5.41, 5.74) is 0.421. The van der Waals surface area contributed by atoms with E-state index in [1.807, 2.05) is 0 Å². The number of rotatable bonds is 6. The lowest BCUT2D eigenvalue weighted by Crippen LogP contribution is -2.26. The smallest absolute Gasteiger partial charge is 0.339 e. The summed E-state index contributed by atoms with van der Waals surface area (Å²) in [7, 11) is 1.45. The van der Waals surface area contributed by atoms with Gasteiger partial charge in [0.05, 0.1) is 13.2 Å². The van der Waals surface area contributed by atoms with Crippen LogP contribution in [0.25, 0.3) is 0 Å². The fraction of sp³-hybridized carbons (Fsp3) is 0.294. The summed E-state index contributed by atoms with van der Waals surface area (Å²) in [6.45, 7) is 3.39. The molecule has 7 heteroatoms. The number of hydrogen-bond donors (Lipinski definition) is 2. The van der Waals surface area contributed by atoms with Crippen molar-refractivity contribution in [2.75, 3.05) is 7.11 Å². The molecule has 0 fully saturated rings. The summed E-state index contributed by atoms with van der Waals surface area (Å²) in [6, 6.07) is 4.62. The molecule has 2 rings (SSSR count). The number of hydrogen-bond acceptors (Lipinski definition) is 4. The Kier molecular flexibility index (Phi) is 5.23. The molecule has 0 radical (unpaired) electrons. The summed E-state index contributed by atoms with van der Waals surface area (Å²) in [6.07, 6.45) is 0.349. The summed E-state index contributed by atoms with van der Waals surface area (Å²) in [5.74, 6) is -1.64. The molecule has 0 bridgehead atoms. The third-order valence-corrected chi connectivity index (χ3v) is 3.59. The van der Waals surface area contributed by atoms with Crippen molar-refractivity contribution in [1.29, 1.82) is 0 Å². The van der Waals surface area contributed by atoms with Gasteiger partial charge in [-0.2, -0.15) is 0 Å². The molecular formula is C17H18FNO5. The average Bonchev–Trinajstić information content (AvgIpc) is 2.99. The normalized spacial score (nSPS) is 11.8. The van der Waals surface area contributed by atoms with E-state index in [1.54, 1.807) is 13.8 Å². The Balaban J connectivity index is 2.23. The summed E-state index contributed by atoms with van der Waals surface area (Å²) >= 11 is 0. The number of furan rings is 1. The molecule has 2 N–H and O–H groups in total. The maximum atomic E-state index is 13.4. The molecule has 1 aromatic heterocycles. The fourth-order valence-corrected chi connectivity index (χ4v) is 2.37. The second-order valence-electron chi connectivity index (χ2n) is 5.19. The number of nitrogens with one attached hydrogen (secondary N) is 1. The van der Waals surface area contributed by atoms with Crippen LogP contribution in [0.2, 0.25) is 0 Å². The van der Waals surface area contributed by atoms with Gasteiger partial charge >= 0.3 is 5.97 Å². The van der Waals surface area contributed by atoms with Gasteiger partial charge in [0.2, 0.25) is 0 Å². The number of carbonyl (C=O) groups is 2. The number of aryl methyl sites for hydroxylation is 1. The molecule has 0 aliphatic carbocycles. The van der Waals surface area contributed by atoms with Gasteiger partial charge in [0.15, 0.2) is 5.76 Å². The van der Waals surface area contributed by atoms with Crippen LogP contribution in [-0.2, 0) is 6.42 Å². The van der Waals surface area contributed by atoms with E-state index < -0.39 is 23.7 Å². The van der Waals surface area contributed by atoms with Crippen molar-refractivity contribution < 1.29 is 28.2 Å². The van der Waals surface area contributed by atoms with Crippen LogP contribution in [0.5, 0.6) is 5.75 Å². The third kappa shape index (κ3) is 3.56. The molecule has 24 heavy (non-hydrogen) atoms. The zero-order valence-corrected chi connectivity index (χ0v) is 13.6. The van der Waals surface area contributed by atoms with E-state index in [9.17, 15) is 14.0 Å². The third-order valence-electron chi connectivity index (χ3n) is 3.59. The lowest BCUT2D eigenvalue weighted by atomic mass is 10.1. The summed E-state index contributed by atoms with van der Waals surface area (Å²) < 4.78 is 23.9. The number of halogens is 1. The highest BCUT2D eigenvalue weighted by Gasteiger charge is 2.22. The van der Waals surface area contributed by atoms with Crippen LogP contribution in [-0.4, -0.2) is 24.1 Å². The highest BCUT2D eigenvalue weighted by Crippen LogP contribution is 2.26. The van der Waals surface area contributed by atoms with Gasteiger partial charge in [-0.15, -0.1) is 0 Å². The maximum Gasteiger partial charge on any atom is 0.339 e. The van der Waals surface area contributed by atoms with Crippen molar-refractivity contribution >= 4 is 11.9 Å². The summed E-state index contributed by atoms with van der Waals surface area (Å²) in [4.78, 5) is 23.4. The van der Waals surface area contributed by atoms with E-state index in [2.05, 4.69) is 5.32 Å². The van der Waals surface area contributed by atoms with Gasteiger partial charge < -0.3 is 19.6 Å². The quantitative estimate of drug-likeness (QED) is 0.846. The van der Waals surface area contributed by atoms with Gasteiger partial charge in [-0.25, -0.2) is 9.18 Å². The minimum atomic E-state index is -1.16. The Bertz CT molecular complexity index is 768. The zero-order chi connectivity index (χ0) is 17.9. The molecule has 2 aromatic rings. The van der Waals surface area contributed by atoms with Gasteiger partial charge in [-0.05, 0) is 25.1 Å². The van der Waals surface area contributed by atoms with Crippen molar-refractivity contribution in [3.8, 4) is 5.75 Å². The second-order valence-corrected chi connectivity index (χ2v) is 5.19. The molecule has 0 saturated heterocycles. The number of ether oxygens (including phenoxy) is 1. The first-order valence-corrected chi connectivity index (χ1v) is 7.37. The van der Waals surface area contributed by atoms with Crippen LogP contribution >= 0.6 is 0 Å². The van der Waals surface area contributed by atoms with Crippen molar-refractivity contribution in [3.05, 3.63) is 52.7 Å². The Morgan fingerprint density at radius 1 is 1.38 bits per heavy atom. The molecule has 1 aromatic carbocycles. The lowest BCUT2D eigenvalue weighted by Gasteiger charge is -2.16. The van der Waals surface area contributed by atoms with E-state index in [0.717, 1.165) is 0 Å². The van der Waals surface area contributed by atoms with Gasteiger partial charge in [0.25, 0.3) is 5.91 Å². The van der Waals surface area contributed by atoms with Gasteiger partial charge in [0, 0.05) is 18.1 Å². The molecule has 1 unspecified atom stereocenters. The van der Waals surface area contributed by atoms with Crippen LogP contribution in [0, 0.1) is 5.82 Å². The number of carboxylic acids is 1. The van der Waals surface area contributed by atoms with Gasteiger partial charge in [0.1, 0.15) is 22.9 Å². The predicted octanol–water partition coefficient (Wildman–Crippen LogP) is 3.18. The highest BCUT2D eigenvalue weighted by atomic mass is 19.1. The van der Waals surface area contributed by atoms with E-state index in [-0.39, 0.29) is 17.1 Å². The molecule has 6 nitrogen and oxygen atoms in total. The molecule has 0 aliphatic rings. The van der Waals surface area contributed by atoms with Crippen molar-refractivity contribution in [2.24, 2.45) is 0 Å². The molecule has 0 saturated carbocycles. The highest BCUT2D eigenvalue weighted by molar-refractivity contribution is 5.96. The van der Waals surface area contributed by atoms with Crippen LogP contribution in [0.15, 0.2) is 28.7 Å². The van der Waals surface area contributed by atoms with Crippen LogP contribution in [0.1, 0.15) is 52.1 Å². The average molecular weight is 335 g/mol. The van der Waals surface area contributed by atoms with E-state index >= 15 is 0 Å². The first-order chi connectivity index (χ1) is 11.4. The Morgan fingerprint density at radius 2 is 2.08 bits per heavy atom. The number of benzene rings is 1. The van der Waals surface area contributed by atoms with Gasteiger partial charge in [-0.3, -0.25) is 4.79 Å². The largest absolute Gasteiger partial charge is 0.496 e. The van der Waals surface area contributed by atoms with Crippen molar-refractivity contribution in [1.82, 2.24) is 5.32 Å². The molecule has 1 heterocycles. The maximum absolute atomic E-state index is 13.4. The molecule has 1 atom stereocenters. The van der Waals surface area contributed by atoms with Crippen molar-refractivity contribution in [2.45, 2.75) is 26.3 Å². The zero-order valence-electron chi connectivity index (χ0n) is 13.6. The minimum Gasteiger partial charge on any atom is -0.496 e. The standard InChI is InChI=1S/C17H18FNO5/c1-4-13-12(17(21)22)8-15(24-13)16(20)19-9(2)11-7-10(18)5-6-14(11)23-3/h5-9H,4H2,1-3H3,(H,19,20)(H,21,22). The molecular weight excluding hydrogens is 317 g/mol. The topological polar surface area (TPSA) is 88.8 Å². The van der Waals surface area contributed by atoms with E-state index in [1.165, 1.54) is 31.4 Å². The minimum absolute atomic E-state index is 0.0429. The Labute approximate surface area is 138 Å².